The van der Waals surface area contributed by atoms with Crippen molar-refractivity contribution in [2.45, 2.75) is 69.2 Å². The van der Waals surface area contributed by atoms with E-state index >= 15 is 0 Å². The quantitative estimate of drug-likeness (QED) is 0.681. The second kappa shape index (κ2) is 8.19. The van der Waals surface area contributed by atoms with Crippen LogP contribution in [-0.2, 0) is 0 Å². The van der Waals surface area contributed by atoms with Crippen molar-refractivity contribution < 1.29 is 4.74 Å². The Morgan fingerprint density at radius 1 is 1.00 bits per heavy atom. The van der Waals surface area contributed by atoms with Gasteiger partial charge in [-0.25, -0.2) is 0 Å². The summed E-state index contributed by atoms with van der Waals surface area (Å²) in [5, 5.41) is 1.63. The zero-order valence-electron chi connectivity index (χ0n) is 15.9. The standard InChI is InChI=1S/C21H34NOP/c1-16(22(2)3)20-10-7-11-21(20)24(18-8-5-6-9-18)19-14-12-17(23-4)13-15-19/h12-16,18,20-21H,5-11H2,1-4H3/t16-,20?,21?,24?/m1/s1. The summed E-state index contributed by atoms with van der Waals surface area (Å²) in [5.41, 5.74) is 1.86. The highest BCUT2D eigenvalue weighted by molar-refractivity contribution is 7.67. The smallest absolute Gasteiger partial charge is 0.118 e. The molecule has 0 amide bonds. The van der Waals surface area contributed by atoms with Gasteiger partial charge in [0.2, 0.25) is 0 Å². The number of hydrogen-bond donors (Lipinski definition) is 0. The second-order valence-corrected chi connectivity index (χ2v) is 10.6. The van der Waals surface area contributed by atoms with Gasteiger partial charge in [0, 0.05) is 6.04 Å². The molecular formula is C21H34NOP. The molecule has 0 N–H and O–H groups in total. The lowest BCUT2D eigenvalue weighted by atomic mass is 9.98. The highest BCUT2D eigenvalue weighted by Gasteiger charge is 2.41. The molecule has 3 heteroatoms. The Morgan fingerprint density at radius 2 is 1.67 bits per heavy atom. The van der Waals surface area contributed by atoms with Crippen molar-refractivity contribution in [1.29, 1.82) is 0 Å². The number of ether oxygens (including phenoxy) is 1. The third-order valence-corrected chi connectivity index (χ3v) is 9.97. The molecular weight excluding hydrogens is 313 g/mol. The molecule has 0 bridgehead atoms. The zero-order chi connectivity index (χ0) is 17.1. The lowest BCUT2D eigenvalue weighted by Crippen LogP contribution is -2.37. The fourth-order valence-corrected chi connectivity index (χ4v) is 8.90. The average Bonchev–Trinajstić information content (AvgIpc) is 3.27. The summed E-state index contributed by atoms with van der Waals surface area (Å²) in [6, 6.07) is 9.80. The van der Waals surface area contributed by atoms with E-state index in [2.05, 4.69) is 50.2 Å². The van der Waals surface area contributed by atoms with Gasteiger partial charge in [-0.1, -0.05) is 39.3 Å². The molecule has 0 radical (unpaired) electrons. The van der Waals surface area contributed by atoms with Crippen LogP contribution in [0, 0.1) is 5.92 Å². The van der Waals surface area contributed by atoms with E-state index in [1.165, 1.54) is 44.9 Å². The first-order chi connectivity index (χ1) is 11.6. The Hall–Kier alpha value is -0.590. The van der Waals surface area contributed by atoms with Gasteiger partial charge in [0.25, 0.3) is 0 Å². The molecule has 2 aliphatic rings. The summed E-state index contributed by atoms with van der Waals surface area (Å²) >= 11 is 0. The predicted molar refractivity (Wildman–Crippen MR) is 106 cm³/mol. The number of rotatable bonds is 6. The monoisotopic (exact) mass is 347 g/mol. The van der Waals surface area contributed by atoms with E-state index in [9.17, 15) is 0 Å². The average molecular weight is 347 g/mol. The van der Waals surface area contributed by atoms with E-state index in [1.54, 1.807) is 12.4 Å². The van der Waals surface area contributed by atoms with E-state index < -0.39 is 0 Å². The molecule has 0 heterocycles. The summed E-state index contributed by atoms with van der Waals surface area (Å²) in [6.07, 6.45) is 10.1. The third kappa shape index (κ3) is 3.81. The fourth-order valence-electron chi connectivity index (χ4n) is 4.87. The van der Waals surface area contributed by atoms with Crippen molar-refractivity contribution in [3.8, 4) is 5.75 Å². The molecule has 24 heavy (non-hydrogen) atoms. The molecule has 2 fully saturated rings. The topological polar surface area (TPSA) is 12.5 Å². The van der Waals surface area contributed by atoms with Crippen LogP contribution in [0.15, 0.2) is 24.3 Å². The summed E-state index contributed by atoms with van der Waals surface area (Å²) in [5.74, 6) is 1.86. The first-order valence-electron chi connectivity index (χ1n) is 9.70. The fraction of sp³-hybridized carbons (Fsp3) is 0.714. The number of nitrogens with zero attached hydrogens (tertiary/aromatic N) is 1. The number of hydrogen-bond acceptors (Lipinski definition) is 2. The van der Waals surface area contributed by atoms with Crippen LogP contribution in [0.2, 0.25) is 0 Å². The van der Waals surface area contributed by atoms with Crippen molar-refractivity contribution in [3.05, 3.63) is 24.3 Å². The maximum absolute atomic E-state index is 5.39. The van der Waals surface area contributed by atoms with Crippen LogP contribution < -0.4 is 10.0 Å². The van der Waals surface area contributed by atoms with Crippen molar-refractivity contribution in [2.75, 3.05) is 21.2 Å². The van der Waals surface area contributed by atoms with Gasteiger partial charge in [-0.2, -0.15) is 0 Å². The van der Waals surface area contributed by atoms with E-state index in [0.717, 1.165) is 23.0 Å². The maximum Gasteiger partial charge on any atom is 0.118 e. The van der Waals surface area contributed by atoms with Gasteiger partial charge in [-0.15, -0.1) is 0 Å². The number of benzene rings is 1. The van der Waals surface area contributed by atoms with E-state index in [-0.39, 0.29) is 7.92 Å². The minimum absolute atomic E-state index is 0.0542. The Kier molecular flexibility index (Phi) is 6.22. The first-order valence-corrected chi connectivity index (χ1v) is 11.2. The summed E-state index contributed by atoms with van der Waals surface area (Å²) < 4.78 is 5.39. The zero-order valence-corrected chi connectivity index (χ0v) is 16.8. The predicted octanol–water partition coefficient (Wildman–Crippen LogP) is 4.86. The Balaban J connectivity index is 1.88. The molecule has 3 rings (SSSR count). The molecule has 0 saturated heterocycles. The van der Waals surface area contributed by atoms with Crippen molar-refractivity contribution in [2.24, 2.45) is 5.92 Å². The van der Waals surface area contributed by atoms with E-state index in [0.29, 0.717) is 6.04 Å². The minimum Gasteiger partial charge on any atom is -0.497 e. The lowest BCUT2D eigenvalue weighted by Gasteiger charge is -2.38. The van der Waals surface area contributed by atoms with Gasteiger partial charge in [0.1, 0.15) is 5.75 Å². The summed E-state index contributed by atoms with van der Waals surface area (Å²) in [7, 11) is 6.22. The van der Waals surface area contributed by atoms with Crippen LogP contribution in [0.5, 0.6) is 5.75 Å². The van der Waals surface area contributed by atoms with E-state index in [4.69, 9.17) is 4.74 Å². The molecule has 1 aromatic carbocycles. The van der Waals surface area contributed by atoms with Gasteiger partial charge in [-0.05, 0) is 81.4 Å². The Bertz CT molecular complexity index is 509. The van der Waals surface area contributed by atoms with E-state index in [1.807, 2.05) is 0 Å². The molecule has 0 aromatic heterocycles. The molecule has 2 nitrogen and oxygen atoms in total. The first kappa shape index (κ1) is 18.2. The van der Waals surface area contributed by atoms with Gasteiger partial charge in [0.05, 0.1) is 7.11 Å². The van der Waals surface area contributed by atoms with Crippen molar-refractivity contribution in [3.63, 3.8) is 0 Å². The molecule has 134 valence electrons. The second-order valence-electron chi connectivity index (χ2n) is 7.91. The molecule has 2 aliphatic carbocycles. The van der Waals surface area contributed by atoms with Gasteiger partial charge >= 0.3 is 0 Å². The van der Waals surface area contributed by atoms with Crippen molar-refractivity contribution in [1.82, 2.24) is 4.90 Å². The van der Waals surface area contributed by atoms with Crippen LogP contribution in [0.25, 0.3) is 0 Å². The molecule has 4 atom stereocenters. The van der Waals surface area contributed by atoms with Crippen LogP contribution in [0.1, 0.15) is 51.9 Å². The highest BCUT2D eigenvalue weighted by atomic mass is 31.1. The molecule has 2 saturated carbocycles. The van der Waals surface area contributed by atoms with Crippen LogP contribution in [0.3, 0.4) is 0 Å². The Morgan fingerprint density at radius 3 is 2.25 bits per heavy atom. The highest BCUT2D eigenvalue weighted by Crippen LogP contribution is 2.58. The van der Waals surface area contributed by atoms with Crippen LogP contribution in [-0.4, -0.2) is 43.5 Å². The molecule has 3 unspecified atom stereocenters. The Labute approximate surface area is 149 Å². The molecule has 0 aliphatic heterocycles. The third-order valence-electron chi connectivity index (χ3n) is 6.41. The normalized spacial score (nSPS) is 27.5. The van der Waals surface area contributed by atoms with Gasteiger partial charge in [0.15, 0.2) is 0 Å². The lowest BCUT2D eigenvalue weighted by molar-refractivity contribution is 0.232. The summed E-state index contributed by atoms with van der Waals surface area (Å²) in [4.78, 5) is 2.44. The minimum atomic E-state index is -0.0542. The molecule has 0 spiro atoms. The largest absolute Gasteiger partial charge is 0.497 e. The van der Waals surface area contributed by atoms with Crippen LogP contribution in [0.4, 0.5) is 0 Å². The summed E-state index contributed by atoms with van der Waals surface area (Å²) in [6.45, 7) is 2.44. The number of methoxy groups -OCH3 is 1. The van der Waals surface area contributed by atoms with Gasteiger partial charge in [-0.3, -0.25) is 0 Å². The van der Waals surface area contributed by atoms with Crippen LogP contribution >= 0.6 is 7.92 Å². The molecule has 1 aromatic rings. The van der Waals surface area contributed by atoms with Crippen molar-refractivity contribution >= 4 is 13.2 Å². The SMILES string of the molecule is COc1ccc(P(C2CCCC2)C2CCCC2[C@@H](C)N(C)C)cc1. The van der Waals surface area contributed by atoms with Gasteiger partial charge < -0.3 is 9.64 Å². The maximum atomic E-state index is 5.39.